The van der Waals surface area contributed by atoms with Crippen molar-refractivity contribution in [1.29, 1.82) is 0 Å². The monoisotopic (exact) mass is 712 g/mol. The molecule has 2 aromatic rings. The number of carbonyl (C=O) groups excluding carboxylic acids is 5. The third-order valence-corrected chi connectivity index (χ3v) is 7.06. The fraction of sp³-hybridized carbons (Fsp3) is 0.564. The second kappa shape index (κ2) is 19.2. The first kappa shape index (κ1) is 42.7. The summed E-state index contributed by atoms with van der Waals surface area (Å²) in [6.45, 7) is 17.7. The van der Waals surface area contributed by atoms with Gasteiger partial charge in [0.15, 0.2) is 0 Å². The van der Waals surface area contributed by atoms with E-state index in [0.717, 1.165) is 22.3 Å². The molecule has 282 valence electrons. The molecule has 0 aromatic heterocycles. The van der Waals surface area contributed by atoms with Crippen LogP contribution in [0, 0.1) is 0 Å². The Hall–Kier alpha value is -4.45. The van der Waals surface area contributed by atoms with E-state index in [1.54, 1.807) is 69.2 Å². The number of amides is 1. The summed E-state index contributed by atoms with van der Waals surface area (Å²) < 4.78 is 26.1. The molecule has 1 amide bonds. The van der Waals surface area contributed by atoms with Gasteiger partial charge in [-0.15, -0.1) is 0 Å². The third kappa shape index (κ3) is 15.5. The van der Waals surface area contributed by atoms with Crippen LogP contribution in [0.5, 0.6) is 0 Å². The quantitative estimate of drug-likeness (QED) is 0.175. The van der Waals surface area contributed by atoms with Crippen LogP contribution in [0.1, 0.15) is 112 Å². The van der Waals surface area contributed by atoms with Gasteiger partial charge in [0.1, 0.15) is 29.9 Å². The molecule has 0 aliphatic heterocycles. The van der Waals surface area contributed by atoms with Crippen molar-refractivity contribution in [2.24, 2.45) is 5.73 Å². The largest absolute Gasteiger partial charge is 0.462 e. The van der Waals surface area contributed by atoms with E-state index in [-0.39, 0.29) is 56.4 Å². The highest BCUT2D eigenvalue weighted by Crippen LogP contribution is 2.44. The van der Waals surface area contributed by atoms with Crippen molar-refractivity contribution in [2.45, 2.75) is 136 Å². The summed E-state index contributed by atoms with van der Waals surface area (Å²) in [6, 6.07) is 14.3. The number of ether oxygens (including phenoxy) is 5. The summed E-state index contributed by atoms with van der Waals surface area (Å²) >= 11 is 0. The molecule has 0 saturated carbocycles. The van der Waals surface area contributed by atoms with Gasteiger partial charge in [0.05, 0.1) is 12.2 Å². The molecule has 3 N–H and O–H groups in total. The van der Waals surface area contributed by atoms with Crippen LogP contribution in [0.3, 0.4) is 0 Å². The highest BCUT2D eigenvalue weighted by molar-refractivity contribution is 5.83. The van der Waals surface area contributed by atoms with Gasteiger partial charge in [-0.25, -0.2) is 9.59 Å². The number of fused-ring (bicyclic) bond motifs is 3. The zero-order valence-corrected chi connectivity index (χ0v) is 31.7. The topological polar surface area (TPSA) is 170 Å². The van der Waals surface area contributed by atoms with Crippen molar-refractivity contribution in [3.8, 4) is 11.1 Å². The van der Waals surface area contributed by atoms with Crippen LogP contribution in [-0.4, -0.2) is 72.1 Å². The molecule has 0 unspecified atom stereocenters. The molecular weight excluding hydrogens is 656 g/mol. The van der Waals surface area contributed by atoms with Crippen LogP contribution in [-0.2, 0) is 42.9 Å². The van der Waals surface area contributed by atoms with E-state index in [9.17, 15) is 24.0 Å². The molecule has 0 saturated heterocycles. The summed E-state index contributed by atoms with van der Waals surface area (Å²) in [4.78, 5) is 60.0. The van der Waals surface area contributed by atoms with Gasteiger partial charge in [-0.05, 0) is 104 Å². The van der Waals surface area contributed by atoms with Crippen molar-refractivity contribution in [1.82, 2.24) is 5.32 Å². The second-order valence-electron chi connectivity index (χ2n) is 14.9. The number of benzene rings is 2. The Morgan fingerprint density at radius 1 is 0.686 bits per heavy atom. The molecule has 0 fully saturated rings. The number of nitrogens with two attached hydrogens (primary N) is 1. The summed E-state index contributed by atoms with van der Waals surface area (Å²) in [5, 5.41) is 2.57. The van der Waals surface area contributed by atoms with Crippen LogP contribution in [0.4, 0.5) is 4.79 Å². The van der Waals surface area contributed by atoms with Gasteiger partial charge in [-0.3, -0.25) is 14.4 Å². The molecular formula is C39H56N2O10. The van der Waals surface area contributed by atoms with Gasteiger partial charge in [-0.2, -0.15) is 0 Å². The predicted octanol–water partition coefficient (Wildman–Crippen LogP) is 6.35. The standard InChI is InChI=1S/C27H33NO6.C12H23NO4/c1-17(2)33-25(30)23(14-15-24(29)34-27(3,4)5)28-26(31)32-16-22-20-12-8-6-10-18(20)19-11-7-9-13-21(19)22;1-8(2)16-11(15)9(13)6-7-10(14)17-12(3,4)5/h6-13,17,22-23H,14-16H2,1-5H3,(H,28,31);8-9H,6-7,13H2,1-5H3/t23-;9-/m00/s1. The normalized spacial score (nSPS) is 13.5. The Bertz CT molecular complexity index is 1440. The molecule has 0 radical (unpaired) electrons. The zero-order valence-electron chi connectivity index (χ0n) is 31.7. The number of nitrogens with one attached hydrogen (secondary N) is 1. The van der Waals surface area contributed by atoms with Crippen molar-refractivity contribution < 1.29 is 47.7 Å². The molecule has 3 rings (SSSR count). The summed E-state index contributed by atoms with van der Waals surface area (Å²) in [5.41, 5.74) is 8.89. The smallest absolute Gasteiger partial charge is 0.407 e. The van der Waals surface area contributed by atoms with Gasteiger partial charge >= 0.3 is 30.0 Å². The Morgan fingerprint density at radius 2 is 1.12 bits per heavy atom. The molecule has 0 bridgehead atoms. The lowest BCUT2D eigenvalue weighted by Crippen LogP contribution is -2.43. The summed E-state index contributed by atoms with van der Waals surface area (Å²) in [7, 11) is 0. The first-order valence-corrected chi connectivity index (χ1v) is 17.4. The van der Waals surface area contributed by atoms with E-state index in [0.29, 0.717) is 0 Å². The van der Waals surface area contributed by atoms with Gasteiger partial charge in [0.2, 0.25) is 0 Å². The Balaban J connectivity index is 0.000000449. The Kier molecular flexibility index (Phi) is 16.1. The Labute approximate surface area is 302 Å². The minimum Gasteiger partial charge on any atom is -0.462 e. The number of hydrogen-bond donors (Lipinski definition) is 2. The number of rotatable bonds is 13. The molecule has 12 heteroatoms. The molecule has 1 aliphatic carbocycles. The summed E-state index contributed by atoms with van der Waals surface area (Å²) in [5.74, 6) is -2.01. The molecule has 12 nitrogen and oxygen atoms in total. The van der Waals surface area contributed by atoms with Crippen molar-refractivity contribution in [3.05, 3.63) is 59.7 Å². The van der Waals surface area contributed by atoms with Crippen LogP contribution in [0.15, 0.2) is 48.5 Å². The lowest BCUT2D eigenvalue weighted by molar-refractivity contribution is -0.157. The van der Waals surface area contributed by atoms with E-state index in [4.69, 9.17) is 29.4 Å². The average molecular weight is 713 g/mol. The number of esters is 4. The molecule has 2 aromatic carbocycles. The van der Waals surface area contributed by atoms with Gasteiger partial charge in [-0.1, -0.05) is 48.5 Å². The van der Waals surface area contributed by atoms with Gasteiger partial charge in [0, 0.05) is 18.8 Å². The third-order valence-electron chi connectivity index (χ3n) is 7.06. The average Bonchev–Trinajstić information content (AvgIpc) is 3.32. The minimum absolute atomic E-state index is 0.0429. The molecule has 51 heavy (non-hydrogen) atoms. The number of carbonyl (C=O) groups is 5. The maximum Gasteiger partial charge on any atom is 0.407 e. The van der Waals surface area contributed by atoms with Crippen LogP contribution < -0.4 is 11.1 Å². The Morgan fingerprint density at radius 3 is 1.57 bits per heavy atom. The van der Waals surface area contributed by atoms with Crippen molar-refractivity contribution in [3.63, 3.8) is 0 Å². The SMILES string of the molecule is CC(C)OC(=O)[C@@H](N)CCC(=O)OC(C)(C)C.CC(C)OC(=O)[C@H](CCC(=O)OC(C)(C)C)NC(=O)OCC1c2ccccc2-c2ccccc21. The van der Waals surface area contributed by atoms with E-state index in [1.807, 2.05) is 36.4 Å². The van der Waals surface area contributed by atoms with Crippen LogP contribution in [0.2, 0.25) is 0 Å². The van der Waals surface area contributed by atoms with E-state index in [2.05, 4.69) is 17.4 Å². The first-order valence-electron chi connectivity index (χ1n) is 17.4. The van der Waals surface area contributed by atoms with Gasteiger partial charge in [0.25, 0.3) is 0 Å². The fourth-order valence-electron chi connectivity index (χ4n) is 5.10. The number of hydrogen-bond acceptors (Lipinski definition) is 11. The highest BCUT2D eigenvalue weighted by Gasteiger charge is 2.31. The fourth-order valence-corrected chi connectivity index (χ4v) is 5.10. The van der Waals surface area contributed by atoms with E-state index in [1.165, 1.54) is 0 Å². The first-order chi connectivity index (χ1) is 23.7. The molecule has 2 atom stereocenters. The van der Waals surface area contributed by atoms with Crippen molar-refractivity contribution >= 4 is 30.0 Å². The molecule has 0 spiro atoms. The lowest BCUT2D eigenvalue weighted by atomic mass is 9.98. The lowest BCUT2D eigenvalue weighted by Gasteiger charge is -2.22. The maximum atomic E-state index is 12.6. The highest BCUT2D eigenvalue weighted by atomic mass is 16.6. The predicted molar refractivity (Wildman–Crippen MR) is 193 cm³/mol. The number of alkyl carbamates (subject to hydrolysis) is 1. The van der Waals surface area contributed by atoms with Gasteiger partial charge < -0.3 is 34.7 Å². The van der Waals surface area contributed by atoms with Crippen LogP contribution in [0.25, 0.3) is 11.1 Å². The van der Waals surface area contributed by atoms with E-state index >= 15 is 0 Å². The minimum atomic E-state index is -1.02. The summed E-state index contributed by atoms with van der Waals surface area (Å²) in [6.07, 6.45) is -0.942. The molecule has 0 heterocycles. The second-order valence-corrected chi connectivity index (χ2v) is 14.9. The van der Waals surface area contributed by atoms with Crippen LogP contribution >= 0.6 is 0 Å². The van der Waals surface area contributed by atoms with Crippen molar-refractivity contribution in [2.75, 3.05) is 6.61 Å². The van der Waals surface area contributed by atoms with E-state index < -0.39 is 47.3 Å². The molecule has 1 aliphatic rings. The zero-order chi connectivity index (χ0) is 38.5. The maximum absolute atomic E-state index is 12.6.